The highest BCUT2D eigenvalue weighted by molar-refractivity contribution is 6.01. The van der Waals surface area contributed by atoms with Gasteiger partial charge in [0.1, 0.15) is 25.4 Å². The summed E-state index contributed by atoms with van der Waals surface area (Å²) in [7, 11) is 0. The summed E-state index contributed by atoms with van der Waals surface area (Å²) < 4.78 is 38.5. The van der Waals surface area contributed by atoms with Gasteiger partial charge in [0, 0.05) is 46.8 Å². The SMILES string of the molecule is C[C@@H]1C[C@H]2[C@@H]3CCC4=CC(=O)C=C[C@]4(C)[C@@]3(F)[C@@H](O)C[C@]2(C)[C@@]1(O)C(=O)COC(=O)COCCOCC(=O)OCc1ccc([C@@H](CN)C(=O)Nc2ccc3cnccc3c2)cc1. The molecule has 3 saturated carbocycles. The standard InChI is InChI=1S/C47H54FN3O11/c1-28-18-38-37-11-9-33-20-35(52)12-14-44(33,2)46(37,48)39(53)21-45(38,3)47(28,58)40(54)25-62-42(56)27-60-17-16-59-26-41(55)61-24-29-4-6-30(7-5-29)36(22-49)43(57)51-34-10-8-32-23-50-15-13-31(32)19-34/h4-8,10,12-15,19-20,23,28,36-39,53,58H,9,11,16-18,21-22,24-27,49H2,1-3H3,(H,51,57)/t28-,36-,37+,38+,39+,44+,45+,46+,47+/m1/s1. The van der Waals surface area contributed by atoms with Gasteiger partial charge >= 0.3 is 11.9 Å². The molecule has 1 heterocycles. The number of amides is 1. The number of anilines is 1. The molecule has 4 aliphatic rings. The third kappa shape index (κ3) is 8.12. The Kier molecular flexibility index (Phi) is 12.9. The number of pyridine rings is 1. The third-order valence-corrected chi connectivity index (χ3v) is 14.1. The van der Waals surface area contributed by atoms with Crippen LogP contribution in [0.25, 0.3) is 10.8 Å². The molecular formula is C47H54FN3O11. The average Bonchev–Trinajstić information content (AvgIpc) is 3.45. The second-order valence-electron chi connectivity index (χ2n) is 17.5. The monoisotopic (exact) mass is 855 g/mol. The second kappa shape index (κ2) is 17.9. The number of nitrogens with two attached hydrogens (primary N) is 1. The number of esters is 2. The van der Waals surface area contributed by atoms with Gasteiger partial charge in [0.25, 0.3) is 0 Å². The van der Waals surface area contributed by atoms with Crippen LogP contribution in [-0.4, -0.2) is 102 Å². The highest BCUT2D eigenvalue weighted by Crippen LogP contribution is 2.70. The van der Waals surface area contributed by atoms with Gasteiger partial charge < -0.3 is 40.2 Å². The molecule has 3 aromatic rings. The minimum Gasteiger partial charge on any atom is -0.459 e. The molecule has 0 unspecified atom stereocenters. The first-order valence-corrected chi connectivity index (χ1v) is 21.0. The lowest BCUT2D eigenvalue weighted by molar-refractivity contribution is -0.220. The molecule has 330 valence electrons. The Morgan fingerprint density at radius 1 is 0.968 bits per heavy atom. The van der Waals surface area contributed by atoms with Gasteiger partial charge in [0.2, 0.25) is 11.7 Å². The Balaban J connectivity index is 0.804. The number of aliphatic hydroxyl groups excluding tert-OH is 1. The molecule has 0 aliphatic heterocycles. The Bertz CT molecular complexity index is 2280. The van der Waals surface area contributed by atoms with Crippen molar-refractivity contribution in [3.63, 3.8) is 0 Å². The molecular weight excluding hydrogens is 802 g/mol. The van der Waals surface area contributed by atoms with Crippen LogP contribution < -0.4 is 11.1 Å². The van der Waals surface area contributed by atoms with Gasteiger partial charge in [-0.15, -0.1) is 0 Å². The number of Topliss-reactive ketones (excluding diaryl/α,β-unsaturated/α-hetero) is 1. The van der Waals surface area contributed by atoms with E-state index >= 15 is 4.39 Å². The maximum absolute atomic E-state index is 17.4. The Labute approximate surface area is 359 Å². The highest BCUT2D eigenvalue weighted by atomic mass is 19.1. The first kappa shape index (κ1) is 44.9. The van der Waals surface area contributed by atoms with Crippen LogP contribution in [0, 0.1) is 28.6 Å². The number of halogens is 1. The number of ether oxygens (including phenoxy) is 4. The molecule has 0 saturated heterocycles. The van der Waals surface area contributed by atoms with E-state index in [2.05, 4.69) is 10.3 Å². The largest absolute Gasteiger partial charge is 0.459 e. The number of alkyl halides is 1. The van der Waals surface area contributed by atoms with Crippen molar-refractivity contribution in [1.82, 2.24) is 4.98 Å². The first-order valence-electron chi connectivity index (χ1n) is 21.0. The maximum atomic E-state index is 17.4. The summed E-state index contributed by atoms with van der Waals surface area (Å²) in [5.41, 5.74) is 2.14. The summed E-state index contributed by atoms with van der Waals surface area (Å²) in [6, 6.07) is 14.4. The molecule has 0 spiro atoms. The molecule has 14 nitrogen and oxygen atoms in total. The quantitative estimate of drug-likeness (QED) is 0.116. The van der Waals surface area contributed by atoms with Gasteiger partial charge in [-0.1, -0.05) is 55.8 Å². The second-order valence-corrected chi connectivity index (χ2v) is 17.5. The van der Waals surface area contributed by atoms with Crippen molar-refractivity contribution in [1.29, 1.82) is 0 Å². The Morgan fingerprint density at radius 3 is 2.39 bits per heavy atom. The van der Waals surface area contributed by atoms with E-state index in [4.69, 9.17) is 24.7 Å². The van der Waals surface area contributed by atoms with Gasteiger partial charge in [0.05, 0.1) is 25.2 Å². The fraction of sp³-hybridized carbons (Fsp3) is 0.489. The van der Waals surface area contributed by atoms with E-state index in [9.17, 15) is 34.2 Å². The zero-order valence-electron chi connectivity index (χ0n) is 35.1. The van der Waals surface area contributed by atoms with Gasteiger partial charge in [0.15, 0.2) is 18.1 Å². The van der Waals surface area contributed by atoms with Gasteiger partial charge in [-0.2, -0.15) is 0 Å². The highest BCUT2D eigenvalue weighted by Gasteiger charge is 2.75. The fourth-order valence-electron chi connectivity index (χ4n) is 10.7. The van der Waals surface area contributed by atoms with Gasteiger partial charge in [-0.05, 0) is 91.3 Å². The van der Waals surface area contributed by atoms with Crippen molar-refractivity contribution >= 4 is 45.9 Å². The molecule has 62 heavy (non-hydrogen) atoms. The van der Waals surface area contributed by atoms with Crippen LogP contribution in [0.4, 0.5) is 10.1 Å². The molecule has 4 aliphatic carbocycles. The number of nitrogens with zero attached hydrogens (tertiary/aromatic N) is 1. The van der Waals surface area contributed by atoms with E-state index in [1.165, 1.54) is 12.2 Å². The molecule has 9 atom stereocenters. The predicted octanol–water partition coefficient (Wildman–Crippen LogP) is 4.45. The van der Waals surface area contributed by atoms with Gasteiger partial charge in [-0.3, -0.25) is 19.4 Å². The molecule has 15 heteroatoms. The smallest absolute Gasteiger partial charge is 0.332 e. The van der Waals surface area contributed by atoms with E-state index in [0.29, 0.717) is 41.6 Å². The molecule has 0 bridgehead atoms. The number of hydrogen-bond acceptors (Lipinski definition) is 13. The summed E-state index contributed by atoms with van der Waals surface area (Å²) >= 11 is 0. The van der Waals surface area contributed by atoms with Crippen molar-refractivity contribution in [2.24, 2.45) is 34.3 Å². The van der Waals surface area contributed by atoms with Crippen LogP contribution in [0.3, 0.4) is 0 Å². The van der Waals surface area contributed by atoms with Crippen LogP contribution >= 0.6 is 0 Å². The summed E-state index contributed by atoms with van der Waals surface area (Å²) in [5.74, 6) is -5.03. The topological polar surface area (TPSA) is 214 Å². The molecule has 0 radical (unpaired) electrons. The van der Waals surface area contributed by atoms with Crippen LogP contribution in [-0.2, 0) is 49.5 Å². The number of allylic oxidation sites excluding steroid dienone is 4. The normalized spacial score (nSPS) is 30.4. The van der Waals surface area contributed by atoms with E-state index in [1.807, 2.05) is 18.2 Å². The molecule has 1 amide bonds. The van der Waals surface area contributed by atoms with E-state index in [-0.39, 0.29) is 51.1 Å². The molecule has 3 fully saturated rings. The number of aromatic nitrogens is 1. The van der Waals surface area contributed by atoms with Gasteiger partial charge in [-0.25, -0.2) is 14.0 Å². The maximum Gasteiger partial charge on any atom is 0.332 e. The summed E-state index contributed by atoms with van der Waals surface area (Å²) in [6.45, 7) is 3.45. The number of rotatable bonds is 16. The molecule has 1 aromatic heterocycles. The lowest BCUT2D eigenvalue weighted by Crippen LogP contribution is -2.69. The van der Waals surface area contributed by atoms with E-state index < -0.39 is 82.8 Å². The summed E-state index contributed by atoms with van der Waals surface area (Å²) in [6.07, 6.45) is 7.21. The van der Waals surface area contributed by atoms with Crippen LogP contribution in [0.2, 0.25) is 0 Å². The number of carbonyl (C=O) groups is 5. The van der Waals surface area contributed by atoms with E-state index in [1.54, 1.807) is 69.6 Å². The zero-order chi connectivity index (χ0) is 44.5. The minimum absolute atomic E-state index is 0.0287. The van der Waals surface area contributed by atoms with Crippen molar-refractivity contribution in [3.8, 4) is 0 Å². The minimum atomic E-state index is -2.11. The number of ketones is 2. The Morgan fingerprint density at radius 2 is 1.68 bits per heavy atom. The van der Waals surface area contributed by atoms with Crippen LogP contribution in [0.15, 0.2) is 84.7 Å². The van der Waals surface area contributed by atoms with Crippen LogP contribution in [0.5, 0.6) is 0 Å². The van der Waals surface area contributed by atoms with Crippen molar-refractivity contribution < 1.29 is 57.5 Å². The molecule has 2 aromatic carbocycles. The van der Waals surface area contributed by atoms with Crippen molar-refractivity contribution in [2.45, 2.75) is 76.4 Å². The zero-order valence-corrected chi connectivity index (χ0v) is 35.1. The van der Waals surface area contributed by atoms with E-state index in [0.717, 1.165) is 10.8 Å². The lowest BCUT2D eigenvalue weighted by Gasteiger charge is -2.62. The van der Waals surface area contributed by atoms with Crippen molar-refractivity contribution in [2.75, 3.05) is 44.9 Å². The fourth-order valence-corrected chi connectivity index (χ4v) is 10.7. The summed E-state index contributed by atoms with van der Waals surface area (Å²) in [4.78, 5) is 67.8. The average molecular weight is 856 g/mol. The lowest BCUT2D eigenvalue weighted by atomic mass is 9.44. The van der Waals surface area contributed by atoms with Crippen LogP contribution in [0.1, 0.15) is 63.5 Å². The summed E-state index contributed by atoms with van der Waals surface area (Å²) in [5, 5.41) is 28.5. The predicted molar refractivity (Wildman–Crippen MR) is 224 cm³/mol. The molecule has 7 rings (SSSR count). The number of nitrogens with one attached hydrogen (secondary N) is 1. The number of benzene rings is 2. The third-order valence-electron chi connectivity index (χ3n) is 14.1. The molecule has 5 N–H and O–H groups in total. The number of aliphatic hydroxyl groups is 2. The number of fused-ring (bicyclic) bond motifs is 6. The number of carbonyl (C=O) groups excluding carboxylic acids is 5. The number of hydrogen-bond donors (Lipinski definition) is 4. The van der Waals surface area contributed by atoms with Crippen molar-refractivity contribution in [3.05, 3.63) is 95.9 Å². The first-order chi connectivity index (χ1) is 29.5. The Hall–Kier alpha value is -5.19.